The van der Waals surface area contributed by atoms with Crippen LogP contribution >= 0.6 is 11.3 Å². The molecule has 1 heterocycles. The van der Waals surface area contributed by atoms with Gasteiger partial charge in [-0.15, -0.1) is 11.3 Å². The average molecular weight is 411 g/mol. The molecule has 0 atom stereocenters. The molecule has 0 radical (unpaired) electrons. The van der Waals surface area contributed by atoms with Gasteiger partial charge in [0, 0.05) is 18.3 Å². The molecule has 0 aliphatic heterocycles. The maximum Gasteiger partial charge on any atom is 0.250 e. The van der Waals surface area contributed by atoms with E-state index in [4.69, 9.17) is 4.74 Å². The lowest BCUT2D eigenvalue weighted by atomic mass is 10.1. The van der Waals surface area contributed by atoms with Crippen LogP contribution in [-0.4, -0.2) is 27.5 Å². The first kappa shape index (κ1) is 21.4. The van der Waals surface area contributed by atoms with Crippen LogP contribution < -0.4 is 14.8 Å². The van der Waals surface area contributed by atoms with Gasteiger partial charge in [-0.3, -0.25) is 4.79 Å². The Morgan fingerprint density at radius 3 is 2.48 bits per heavy atom. The smallest absolute Gasteiger partial charge is 0.250 e. The number of hydrogen-bond donors (Lipinski definition) is 2. The molecule has 2 N–H and O–H groups in total. The van der Waals surface area contributed by atoms with Crippen LogP contribution in [0, 0.1) is 5.92 Å². The Balaban J connectivity index is 1.84. The number of carbonyl (C=O) groups excluding carboxylic acids is 1. The zero-order valence-corrected chi connectivity index (χ0v) is 17.5. The van der Waals surface area contributed by atoms with Gasteiger partial charge in [0.15, 0.2) is 0 Å². The summed E-state index contributed by atoms with van der Waals surface area (Å²) in [7, 11) is -3.54. The fourth-order valence-electron chi connectivity index (χ4n) is 2.23. The third kappa shape index (κ3) is 7.32. The first-order chi connectivity index (χ1) is 12.8. The summed E-state index contributed by atoms with van der Waals surface area (Å²) in [6.45, 7) is 6.93. The molecule has 0 fully saturated rings. The lowest BCUT2D eigenvalue weighted by Crippen LogP contribution is -2.25. The lowest BCUT2D eigenvalue weighted by Gasteiger charge is -2.09. The second-order valence-electron chi connectivity index (χ2n) is 6.63. The summed E-state index contributed by atoms with van der Waals surface area (Å²) in [6, 6.07) is 11.0. The maximum absolute atomic E-state index is 12.4. The predicted molar refractivity (Wildman–Crippen MR) is 108 cm³/mol. The van der Waals surface area contributed by atoms with E-state index in [0.717, 1.165) is 27.5 Å². The quantitative estimate of drug-likeness (QED) is 0.631. The Bertz CT molecular complexity index is 843. The molecule has 0 spiro atoms. The molecule has 0 bridgehead atoms. The second kappa shape index (κ2) is 9.87. The number of nitrogens with one attached hydrogen (secondary N) is 2. The van der Waals surface area contributed by atoms with Crippen molar-refractivity contribution in [3.05, 3.63) is 46.8 Å². The highest BCUT2D eigenvalue weighted by Gasteiger charge is 2.16. The minimum atomic E-state index is -3.54. The van der Waals surface area contributed by atoms with Crippen molar-refractivity contribution >= 4 is 27.3 Å². The Morgan fingerprint density at radius 1 is 1.15 bits per heavy atom. The Morgan fingerprint density at radius 2 is 1.85 bits per heavy atom. The maximum atomic E-state index is 12.4. The lowest BCUT2D eigenvalue weighted by molar-refractivity contribution is -0.119. The number of sulfonamides is 1. The topological polar surface area (TPSA) is 84.5 Å². The van der Waals surface area contributed by atoms with Gasteiger partial charge in [-0.25, -0.2) is 13.1 Å². The largest absolute Gasteiger partial charge is 0.493 e. The molecule has 2 aromatic rings. The molecule has 0 aliphatic carbocycles. The molecule has 2 rings (SSSR count). The Labute approximate surface area is 165 Å². The summed E-state index contributed by atoms with van der Waals surface area (Å²) in [5.74, 6) is 1.14. The minimum Gasteiger partial charge on any atom is -0.493 e. The molecule has 0 saturated carbocycles. The van der Waals surface area contributed by atoms with Crippen molar-refractivity contribution in [2.75, 3.05) is 13.2 Å². The van der Waals surface area contributed by atoms with E-state index in [-0.39, 0.29) is 10.1 Å². The SMILES string of the molecule is CC(=O)NCc1ccc(S(=O)(=O)NCCc2ccc(OCC(C)C)cc2)s1. The molecule has 0 unspecified atom stereocenters. The molecule has 6 nitrogen and oxygen atoms in total. The van der Waals surface area contributed by atoms with Crippen LogP contribution in [-0.2, 0) is 27.8 Å². The fourth-order valence-corrected chi connectivity index (χ4v) is 4.60. The van der Waals surface area contributed by atoms with Crippen molar-refractivity contribution in [2.24, 2.45) is 5.92 Å². The monoisotopic (exact) mass is 410 g/mol. The van der Waals surface area contributed by atoms with E-state index in [2.05, 4.69) is 23.9 Å². The normalized spacial score (nSPS) is 11.6. The highest BCUT2D eigenvalue weighted by atomic mass is 32.2. The summed E-state index contributed by atoms with van der Waals surface area (Å²) >= 11 is 1.16. The van der Waals surface area contributed by atoms with Crippen LogP contribution in [0.3, 0.4) is 0 Å². The number of amides is 1. The van der Waals surface area contributed by atoms with Gasteiger partial charge < -0.3 is 10.1 Å². The summed E-state index contributed by atoms with van der Waals surface area (Å²) in [5.41, 5.74) is 1.03. The highest BCUT2D eigenvalue weighted by molar-refractivity contribution is 7.91. The zero-order chi connectivity index (χ0) is 19.9. The van der Waals surface area contributed by atoms with E-state index < -0.39 is 10.0 Å². The van der Waals surface area contributed by atoms with Crippen molar-refractivity contribution in [3.63, 3.8) is 0 Å². The third-order valence-electron chi connectivity index (χ3n) is 3.63. The first-order valence-corrected chi connectivity index (χ1v) is 11.1. The van der Waals surface area contributed by atoms with E-state index >= 15 is 0 Å². The number of benzene rings is 1. The summed E-state index contributed by atoms with van der Waals surface area (Å²) in [6.07, 6.45) is 0.591. The van der Waals surface area contributed by atoms with E-state index in [1.807, 2.05) is 24.3 Å². The number of carbonyl (C=O) groups is 1. The van der Waals surface area contributed by atoms with E-state index in [9.17, 15) is 13.2 Å². The van der Waals surface area contributed by atoms with Crippen LogP contribution in [0.1, 0.15) is 31.2 Å². The number of ether oxygens (including phenoxy) is 1. The average Bonchev–Trinajstić information content (AvgIpc) is 3.09. The third-order valence-corrected chi connectivity index (χ3v) is 6.66. The van der Waals surface area contributed by atoms with Gasteiger partial charge in [0.05, 0.1) is 13.2 Å². The van der Waals surface area contributed by atoms with Crippen LogP contribution in [0.4, 0.5) is 0 Å². The molecule has 0 saturated heterocycles. The number of thiophene rings is 1. The summed E-state index contributed by atoms with van der Waals surface area (Å²) < 4.78 is 33.2. The molecular weight excluding hydrogens is 384 g/mol. The van der Waals surface area contributed by atoms with Crippen molar-refractivity contribution in [3.8, 4) is 5.75 Å². The Hall–Kier alpha value is -1.90. The van der Waals surface area contributed by atoms with Crippen LogP contribution in [0.5, 0.6) is 5.75 Å². The highest BCUT2D eigenvalue weighted by Crippen LogP contribution is 2.21. The molecule has 27 heavy (non-hydrogen) atoms. The zero-order valence-electron chi connectivity index (χ0n) is 15.8. The van der Waals surface area contributed by atoms with Crippen LogP contribution in [0.15, 0.2) is 40.6 Å². The molecule has 1 aromatic heterocycles. The van der Waals surface area contributed by atoms with E-state index in [0.29, 0.717) is 32.0 Å². The van der Waals surface area contributed by atoms with Gasteiger partial charge in [0.1, 0.15) is 9.96 Å². The van der Waals surface area contributed by atoms with Gasteiger partial charge in [0.2, 0.25) is 15.9 Å². The molecule has 1 aromatic carbocycles. The minimum absolute atomic E-state index is 0.147. The number of rotatable bonds is 10. The fraction of sp³-hybridized carbons (Fsp3) is 0.421. The van der Waals surface area contributed by atoms with E-state index in [1.165, 1.54) is 6.92 Å². The van der Waals surface area contributed by atoms with Gasteiger partial charge in [-0.1, -0.05) is 26.0 Å². The summed E-state index contributed by atoms with van der Waals surface area (Å²) in [5, 5.41) is 2.66. The van der Waals surface area contributed by atoms with Gasteiger partial charge in [-0.2, -0.15) is 0 Å². The molecule has 8 heteroatoms. The van der Waals surface area contributed by atoms with Gasteiger partial charge in [0.25, 0.3) is 0 Å². The molecular formula is C19H26N2O4S2. The van der Waals surface area contributed by atoms with Crippen LogP contribution in [0.2, 0.25) is 0 Å². The number of hydrogen-bond acceptors (Lipinski definition) is 5. The predicted octanol–water partition coefficient (Wildman–Crippen LogP) is 2.94. The molecule has 1 amide bonds. The first-order valence-electron chi connectivity index (χ1n) is 8.81. The molecule has 148 valence electrons. The second-order valence-corrected chi connectivity index (χ2v) is 9.79. The van der Waals surface area contributed by atoms with Gasteiger partial charge in [-0.05, 0) is 42.2 Å². The van der Waals surface area contributed by atoms with Crippen molar-refractivity contribution < 1.29 is 17.9 Å². The van der Waals surface area contributed by atoms with Crippen molar-refractivity contribution in [1.82, 2.24) is 10.0 Å². The van der Waals surface area contributed by atoms with Crippen molar-refractivity contribution in [2.45, 2.75) is 37.9 Å². The van der Waals surface area contributed by atoms with Crippen LogP contribution in [0.25, 0.3) is 0 Å². The Kier molecular flexibility index (Phi) is 7.82. The van der Waals surface area contributed by atoms with E-state index in [1.54, 1.807) is 12.1 Å². The van der Waals surface area contributed by atoms with Crippen molar-refractivity contribution in [1.29, 1.82) is 0 Å². The van der Waals surface area contributed by atoms with Gasteiger partial charge >= 0.3 is 0 Å². The molecule has 0 aliphatic rings. The standard InChI is InChI=1S/C19H26N2O4S2/c1-14(2)13-25-17-6-4-16(5-7-17)10-11-21-27(23,24)19-9-8-18(26-19)12-20-15(3)22/h4-9,14,21H,10-13H2,1-3H3,(H,20,22). The summed E-state index contributed by atoms with van der Waals surface area (Å²) in [4.78, 5) is 11.7.